The maximum atomic E-state index is 11.6. The molecule has 0 saturated heterocycles. The van der Waals surface area contributed by atoms with Gasteiger partial charge in [0.1, 0.15) is 11.5 Å². The second kappa shape index (κ2) is 10.3. The van der Waals surface area contributed by atoms with Crippen LogP contribution in [0, 0.1) is 17.2 Å². The fourth-order valence-electron chi connectivity index (χ4n) is 2.80. The van der Waals surface area contributed by atoms with Gasteiger partial charge in [-0.05, 0) is 41.7 Å². The van der Waals surface area contributed by atoms with E-state index >= 15 is 0 Å². The van der Waals surface area contributed by atoms with Gasteiger partial charge in [-0.3, -0.25) is 9.59 Å². The molecule has 0 spiro atoms. The molecule has 0 heterocycles. The molecule has 0 N–H and O–H groups in total. The highest BCUT2D eigenvalue weighted by molar-refractivity contribution is 5.81. The van der Waals surface area contributed by atoms with E-state index < -0.39 is 0 Å². The van der Waals surface area contributed by atoms with Crippen LogP contribution in [0.15, 0.2) is 59.7 Å². The molecule has 1 aromatic carbocycles. The van der Waals surface area contributed by atoms with E-state index in [4.69, 9.17) is 4.74 Å². The molecule has 0 saturated carbocycles. The van der Waals surface area contributed by atoms with Gasteiger partial charge in [0, 0.05) is 19.3 Å². The Hall–Kier alpha value is -2.93. The summed E-state index contributed by atoms with van der Waals surface area (Å²) in [6.45, 7) is 3.62. The number of hydrogen-bond donors (Lipinski definition) is 0. The summed E-state index contributed by atoms with van der Waals surface area (Å²) in [6.07, 6.45) is 10.6. The van der Waals surface area contributed by atoms with Crippen molar-refractivity contribution in [2.24, 2.45) is 5.92 Å². The number of carbonyl (C=O) groups excluding carboxylic acids is 2. The van der Waals surface area contributed by atoms with Gasteiger partial charge in [-0.15, -0.1) is 0 Å². The van der Waals surface area contributed by atoms with Gasteiger partial charge < -0.3 is 4.74 Å². The first-order chi connectivity index (χ1) is 13.0. The van der Waals surface area contributed by atoms with Crippen LogP contribution in [-0.2, 0) is 16.0 Å². The maximum Gasteiger partial charge on any atom is 0.310 e. The zero-order valence-electron chi connectivity index (χ0n) is 15.9. The molecule has 4 heteroatoms. The summed E-state index contributed by atoms with van der Waals surface area (Å²) in [5.41, 5.74) is 2.98. The zero-order chi connectivity index (χ0) is 19.6. The second-order valence-corrected chi connectivity index (χ2v) is 6.48. The minimum atomic E-state index is -0.267. The van der Waals surface area contributed by atoms with Crippen LogP contribution < -0.4 is 4.74 Å². The van der Waals surface area contributed by atoms with Crippen molar-refractivity contribution in [3.8, 4) is 11.8 Å². The Morgan fingerprint density at radius 1 is 1.11 bits per heavy atom. The van der Waals surface area contributed by atoms with E-state index in [1.165, 1.54) is 0 Å². The molecule has 0 bridgehead atoms. The number of hydrogen-bond acceptors (Lipinski definition) is 4. The third kappa shape index (κ3) is 6.38. The summed E-state index contributed by atoms with van der Waals surface area (Å²) < 4.78 is 5.17. The van der Waals surface area contributed by atoms with Gasteiger partial charge in [0.25, 0.3) is 0 Å². The Labute approximate surface area is 160 Å². The lowest BCUT2D eigenvalue weighted by Gasteiger charge is -2.11. The van der Waals surface area contributed by atoms with Gasteiger partial charge >= 0.3 is 5.97 Å². The fourth-order valence-corrected chi connectivity index (χ4v) is 2.80. The number of Topliss-reactive ketones (excluding diaryl/α,β-unsaturated/α-hetero) is 1. The smallest absolute Gasteiger partial charge is 0.310 e. The van der Waals surface area contributed by atoms with E-state index in [-0.39, 0.29) is 17.7 Å². The lowest BCUT2D eigenvalue weighted by Crippen LogP contribution is -2.06. The van der Waals surface area contributed by atoms with Gasteiger partial charge in [-0.2, -0.15) is 5.26 Å². The van der Waals surface area contributed by atoms with Crippen LogP contribution in [0.1, 0.15) is 45.1 Å². The third-order valence-electron chi connectivity index (χ3n) is 4.46. The van der Waals surface area contributed by atoms with E-state index in [1.54, 1.807) is 19.1 Å². The van der Waals surface area contributed by atoms with E-state index in [0.717, 1.165) is 23.1 Å². The molecule has 0 radical (unpaired) electrons. The largest absolute Gasteiger partial charge is 0.427 e. The molecular weight excluding hydrogens is 338 g/mol. The molecule has 2 rings (SSSR count). The van der Waals surface area contributed by atoms with Crippen LogP contribution >= 0.6 is 0 Å². The SMILES string of the molecule is CCC(=O)CC1=CCC=C(C(C#N)Cc2ccc(OC(=O)CC)cc2)C=C1. The molecule has 4 nitrogen and oxygen atoms in total. The van der Waals surface area contributed by atoms with E-state index in [2.05, 4.69) is 6.07 Å². The van der Waals surface area contributed by atoms with Crippen LogP contribution in [0.5, 0.6) is 5.75 Å². The molecule has 0 aliphatic heterocycles. The molecule has 1 atom stereocenters. The standard InChI is InChI=1S/C23H25NO3/c1-3-21(25)15-17-6-5-7-19(11-8-17)20(16-24)14-18-9-12-22(13-10-18)27-23(26)4-2/h6-13,20H,3-5,14-15H2,1-2H3. The van der Waals surface area contributed by atoms with E-state index in [9.17, 15) is 14.9 Å². The normalized spacial score (nSPS) is 14.4. The van der Waals surface area contributed by atoms with Crippen molar-refractivity contribution in [2.45, 2.75) is 46.0 Å². The van der Waals surface area contributed by atoms with Crippen LogP contribution in [0.25, 0.3) is 0 Å². The predicted molar refractivity (Wildman–Crippen MR) is 105 cm³/mol. The van der Waals surface area contributed by atoms with Crippen LogP contribution in [-0.4, -0.2) is 11.8 Å². The maximum absolute atomic E-state index is 11.6. The quantitative estimate of drug-likeness (QED) is 0.488. The van der Waals surface area contributed by atoms with Crippen molar-refractivity contribution < 1.29 is 14.3 Å². The molecule has 140 valence electrons. The van der Waals surface area contributed by atoms with E-state index in [1.807, 2.05) is 43.4 Å². The first kappa shape index (κ1) is 20.4. The molecule has 1 aliphatic carbocycles. The van der Waals surface area contributed by atoms with Crippen LogP contribution in [0.4, 0.5) is 0 Å². The Morgan fingerprint density at radius 3 is 2.48 bits per heavy atom. The average Bonchev–Trinajstić information content (AvgIpc) is 2.92. The summed E-state index contributed by atoms with van der Waals surface area (Å²) in [4.78, 5) is 23.0. The highest BCUT2D eigenvalue weighted by Gasteiger charge is 2.14. The van der Waals surface area contributed by atoms with Crippen molar-refractivity contribution in [3.63, 3.8) is 0 Å². The summed E-state index contributed by atoms with van der Waals surface area (Å²) >= 11 is 0. The van der Waals surface area contributed by atoms with Crippen LogP contribution in [0.2, 0.25) is 0 Å². The monoisotopic (exact) mass is 363 g/mol. The number of nitrogens with zero attached hydrogens (tertiary/aromatic N) is 1. The van der Waals surface area contributed by atoms with Gasteiger partial charge in [0.15, 0.2) is 0 Å². The van der Waals surface area contributed by atoms with Gasteiger partial charge in [0.05, 0.1) is 12.0 Å². The number of allylic oxidation sites excluding steroid dienone is 6. The summed E-state index contributed by atoms with van der Waals surface area (Å²) in [6, 6.07) is 9.65. The Kier molecular flexibility index (Phi) is 7.76. The molecule has 0 amide bonds. The summed E-state index contributed by atoms with van der Waals surface area (Å²) in [7, 11) is 0. The molecular formula is C23H25NO3. The molecule has 1 aliphatic rings. The van der Waals surface area contributed by atoms with Crippen molar-refractivity contribution >= 4 is 11.8 Å². The predicted octanol–water partition coefficient (Wildman–Crippen LogP) is 4.87. The molecule has 1 aromatic rings. The highest BCUT2D eigenvalue weighted by atomic mass is 16.5. The van der Waals surface area contributed by atoms with Crippen molar-refractivity contribution in [1.82, 2.24) is 0 Å². The lowest BCUT2D eigenvalue weighted by molar-refractivity contribution is -0.134. The first-order valence-electron chi connectivity index (χ1n) is 9.33. The Balaban J connectivity index is 2.02. The van der Waals surface area contributed by atoms with Crippen LogP contribution in [0.3, 0.4) is 0 Å². The zero-order valence-corrected chi connectivity index (χ0v) is 15.9. The third-order valence-corrected chi connectivity index (χ3v) is 4.46. The number of ether oxygens (including phenoxy) is 1. The lowest BCUT2D eigenvalue weighted by atomic mass is 9.92. The number of benzene rings is 1. The summed E-state index contributed by atoms with van der Waals surface area (Å²) in [5, 5.41) is 9.62. The fraction of sp³-hybridized carbons (Fsp3) is 0.348. The van der Waals surface area contributed by atoms with Crippen molar-refractivity contribution in [3.05, 3.63) is 65.3 Å². The van der Waals surface area contributed by atoms with Crippen molar-refractivity contribution in [1.29, 1.82) is 5.26 Å². The average molecular weight is 363 g/mol. The number of esters is 1. The van der Waals surface area contributed by atoms with Gasteiger partial charge in [-0.25, -0.2) is 0 Å². The number of nitriles is 1. The van der Waals surface area contributed by atoms with Gasteiger partial charge in [-0.1, -0.05) is 50.3 Å². The molecule has 0 fully saturated rings. The van der Waals surface area contributed by atoms with Gasteiger partial charge in [0.2, 0.25) is 0 Å². The minimum Gasteiger partial charge on any atom is -0.427 e. The second-order valence-electron chi connectivity index (χ2n) is 6.48. The Morgan fingerprint density at radius 2 is 1.85 bits per heavy atom. The first-order valence-corrected chi connectivity index (χ1v) is 9.33. The number of carbonyl (C=O) groups is 2. The number of rotatable bonds is 8. The Bertz CT molecular complexity index is 807. The van der Waals surface area contributed by atoms with E-state index in [0.29, 0.717) is 31.4 Å². The van der Waals surface area contributed by atoms with Crippen molar-refractivity contribution in [2.75, 3.05) is 0 Å². The molecule has 0 aromatic heterocycles. The minimum absolute atomic E-state index is 0.218. The topological polar surface area (TPSA) is 67.2 Å². The highest BCUT2D eigenvalue weighted by Crippen LogP contribution is 2.24. The summed E-state index contributed by atoms with van der Waals surface area (Å²) in [5.74, 6) is 0.202. The molecule has 27 heavy (non-hydrogen) atoms. The number of ketones is 1. The molecule has 1 unspecified atom stereocenters.